The zero-order valence-corrected chi connectivity index (χ0v) is 15.6. The summed E-state index contributed by atoms with van der Waals surface area (Å²) in [6, 6.07) is 10.3. The Morgan fingerprint density at radius 3 is 2.65 bits per heavy atom. The monoisotopic (exact) mass is 379 g/mol. The van der Waals surface area contributed by atoms with E-state index in [4.69, 9.17) is 21.4 Å². The Bertz CT molecular complexity index is 768. The molecule has 0 aliphatic carbocycles. The summed E-state index contributed by atoms with van der Waals surface area (Å²) in [5, 5.41) is 16.2. The summed E-state index contributed by atoms with van der Waals surface area (Å²) in [4.78, 5) is 4.16. The number of rotatable bonds is 7. The molecule has 0 saturated carbocycles. The molecule has 0 atom stereocenters. The van der Waals surface area contributed by atoms with Gasteiger partial charge in [-0.05, 0) is 41.8 Å². The van der Waals surface area contributed by atoms with Crippen molar-refractivity contribution in [2.24, 2.45) is 4.99 Å². The molecule has 0 aliphatic rings. The molecule has 0 amide bonds. The molecule has 26 heavy (non-hydrogen) atoms. The van der Waals surface area contributed by atoms with Gasteiger partial charge in [0.15, 0.2) is 5.96 Å². The number of aliphatic hydroxyl groups excluding tert-OH is 1. The highest BCUT2D eigenvalue weighted by atomic mass is 35.5. The van der Waals surface area contributed by atoms with Gasteiger partial charge >= 0.3 is 0 Å². The third kappa shape index (κ3) is 5.61. The molecule has 5 nitrogen and oxygen atoms in total. The molecule has 0 heterocycles. The summed E-state index contributed by atoms with van der Waals surface area (Å²) >= 11 is 6.24. The Kier molecular flexibility index (Phi) is 7.69. The molecule has 2 rings (SSSR count). The minimum Gasteiger partial charge on any atom is -0.497 e. The number of hydrogen-bond donors (Lipinski definition) is 3. The highest BCUT2D eigenvalue weighted by Gasteiger charge is 2.05. The molecule has 2 aromatic carbocycles. The van der Waals surface area contributed by atoms with E-state index in [0.717, 1.165) is 23.3 Å². The van der Waals surface area contributed by atoms with Gasteiger partial charge < -0.3 is 20.5 Å². The maximum Gasteiger partial charge on any atom is 0.191 e. The lowest BCUT2D eigenvalue weighted by Crippen LogP contribution is -2.37. The Hall–Kier alpha value is -2.31. The molecule has 0 unspecified atom stereocenters. The molecule has 0 aromatic heterocycles. The standard InChI is InChI=1S/C19H23ClFN3O2/c1-22-19(24-11-13-3-6-18(21)15(9-13)12-25)23-8-7-14-4-5-16(26-2)10-17(14)20/h3-6,9-10,25H,7-8,11-12H2,1-2H3,(H2,22,23,24). The molecule has 0 radical (unpaired) electrons. The summed E-state index contributed by atoms with van der Waals surface area (Å²) in [5.41, 5.74) is 2.15. The van der Waals surface area contributed by atoms with E-state index in [2.05, 4.69) is 15.6 Å². The van der Waals surface area contributed by atoms with Crippen molar-refractivity contribution in [2.45, 2.75) is 19.6 Å². The van der Waals surface area contributed by atoms with Crippen LogP contribution in [-0.2, 0) is 19.6 Å². The quantitative estimate of drug-likeness (QED) is 0.511. The second-order valence-electron chi connectivity index (χ2n) is 5.64. The van der Waals surface area contributed by atoms with Crippen molar-refractivity contribution in [1.29, 1.82) is 0 Å². The van der Waals surface area contributed by atoms with E-state index in [1.807, 2.05) is 12.1 Å². The smallest absolute Gasteiger partial charge is 0.191 e. The van der Waals surface area contributed by atoms with Crippen LogP contribution in [0.4, 0.5) is 4.39 Å². The van der Waals surface area contributed by atoms with Crippen molar-refractivity contribution < 1.29 is 14.2 Å². The lowest BCUT2D eigenvalue weighted by atomic mass is 10.1. The fraction of sp³-hybridized carbons (Fsp3) is 0.316. The Morgan fingerprint density at radius 1 is 1.19 bits per heavy atom. The average molecular weight is 380 g/mol. The van der Waals surface area contributed by atoms with E-state index in [0.29, 0.717) is 24.1 Å². The van der Waals surface area contributed by atoms with Crippen LogP contribution in [0.25, 0.3) is 0 Å². The van der Waals surface area contributed by atoms with Crippen molar-refractivity contribution in [1.82, 2.24) is 10.6 Å². The lowest BCUT2D eigenvalue weighted by molar-refractivity contribution is 0.275. The van der Waals surface area contributed by atoms with Crippen molar-refractivity contribution in [3.05, 3.63) is 63.9 Å². The first-order valence-electron chi connectivity index (χ1n) is 8.22. The third-order valence-electron chi connectivity index (χ3n) is 3.91. The number of halogens is 2. The Balaban J connectivity index is 1.84. The number of ether oxygens (including phenoxy) is 1. The summed E-state index contributed by atoms with van der Waals surface area (Å²) < 4.78 is 18.5. The minimum absolute atomic E-state index is 0.279. The SMILES string of the molecule is CN=C(NCCc1ccc(OC)cc1Cl)NCc1ccc(F)c(CO)c1. The lowest BCUT2D eigenvalue weighted by Gasteiger charge is -2.13. The van der Waals surface area contributed by atoms with Crippen LogP contribution in [0, 0.1) is 5.82 Å². The maximum atomic E-state index is 13.4. The van der Waals surface area contributed by atoms with Crippen molar-refractivity contribution in [3.63, 3.8) is 0 Å². The van der Waals surface area contributed by atoms with Crippen molar-refractivity contribution in [3.8, 4) is 5.75 Å². The topological polar surface area (TPSA) is 65.9 Å². The van der Waals surface area contributed by atoms with E-state index >= 15 is 0 Å². The maximum absolute atomic E-state index is 13.4. The van der Waals surface area contributed by atoms with Crippen molar-refractivity contribution in [2.75, 3.05) is 20.7 Å². The fourth-order valence-corrected chi connectivity index (χ4v) is 2.70. The molecule has 3 N–H and O–H groups in total. The zero-order valence-electron chi connectivity index (χ0n) is 14.9. The van der Waals surface area contributed by atoms with Crippen LogP contribution in [0.15, 0.2) is 41.4 Å². The number of guanidine groups is 1. The van der Waals surface area contributed by atoms with E-state index in [-0.39, 0.29) is 12.2 Å². The van der Waals surface area contributed by atoms with Crippen LogP contribution in [-0.4, -0.2) is 31.8 Å². The van der Waals surface area contributed by atoms with Gasteiger partial charge in [0.1, 0.15) is 11.6 Å². The van der Waals surface area contributed by atoms with Gasteiger partial charge in [0.25, 0.3) is 0 Å². The predicted octanol–water partition coefficient (Wildman–Crippen LogP) is 2.89. The molecule has 0 saturated heterocycles. The number of nitrogens with one attached hydrogen (secondary N) is 2. The highest BCUT2D eigenvalue weighted by Crippen LogP contribution is 2.22. The van der Waals surface area contributed by atoms with Crippen LogP contribution in [0.1, 0.15) is 16.7 Å². The summed E-state index contributed by atoms with van der Waals surface area (Å²) in [5.74, 6) is 0.949. The first-order chi connectivity index (χ1) is 12.6. The first-order valence-corrected chi connectivity index (χ1v) is 8.60. The Labute approximate surface area is 157 Å². The van der Waals surface area contributed by atoms with E-state index < -0.39 is 5.82 Å². The molecule has 140 valence electrons. The van der Waals surface area contributed by atoms with Crippen LogP contribution >= 0.6 is 11.6 Å². The zero-order chi connectivity index (χ0) is 18.9. The Morgan fingerprint density at radius 2 is 2.00 bits per heavy atom. The van der Waals surface area contributed by atoms with E-state index in [1.165, 1.54) is 6.07 Å². The third-order valence-corrected chi connectivity index (χ3v) is 4.26. The molecule has 0 aliphatic heterocycles. The number of aliphatic hydroxyl groups is 1. The summed E-state index contributed by atoms with van der Waals surface area (Å²) in [6.07, 6.45) is 0.731. The summed E-state index contributed by atoms with van der Waals surface area (Å²) in [7, 11) is 3.28. The highest BCUT2D eigenvalue weighted by molar-refractivity contribution is 6.31. The molecule has 0 fully saturated rings. The van der Waals surface area contributed by atoms with Crippen LogP contribution in [0.3, 0.4) is 0 Å². The van der Waals surface area contributed by atoms with Crippen LogP contribution in [0.2, 0.25) is 5.02 Å². The number of aliphatic imine (C=N–C) groups is 1. The molecular weight excluding hydrogens is 357 g/mol. The van der Waals surface area contributed by atoms with Crippen LogP contribution < -0.4 is 15.4 Å². The first kappa shape index (κ1) is 20.0. The molecule has 2 aromatic rings. The van der Waals surface area contributed by atoms with Gasteiger partial charge in [0, 0.05) is 30.7 Å². The van der Waals surface area contributed by atoms with E-state index in [1.54, 1.807) is 32.4 Å². The van der Waals surface area contributed by atoms with Gasteiger partial charge in [-0.1, -0.05) is 23.7 Å². The number of methoxy groups -OCH3 is 1. The van der Waals surface area contributed by atoms with Crippen molar-refractivity contribution >= 4 is 17.6 Å². The molecule has 0 bridgehead atoms. The number of hydrogen-bond acceptors (Lipinski definition) is 3. The minimum atomic E-state index is -0.407. The molecular formula is C19H23ClFN3O2. The van der Waals surface area contributed by atoms with Crippen LogP contribution in [0.5, 0.6) is 5.75 Å². The largest absolute Gasteiger partial charge is 0.497 e. The number of nitrogens with zero attached hydrogens (tertiary/aromatic N) is 1. The van der Waals surface area contributed by atoms with Gasteiger partial charge in [0.05, 0.1) is 13.7 Å². The van der Waals surface area contributed by atoms with E-state index in [9.17, 15) is 4.39 Å². The predicted molar refractivity (Wildman–Crippen MR) is 102 cm³/mol. The van der Waals surface area contributed by atoms with Gasteiger partial charge in [-0.25, -0.2) is 4.39 Å². The second kappa shape index (κ2) is 9.99. The molecule has 0 spiro atoms. The van der Waals surface area contributed by atoms with Gasteiger partial charge in [0.2, 0.25) is 0 Å². The second-order valence-corrected chi connectivity index (χ2v) is 6.05. The fourth-order valence-electron chi connectivity index (χ4n) is 2.44. The average Bonchev–Trinajstić information content (AvgIpc) is 2.66. The number of benzene rings is 2. The van der Waals surface area contributed by atoms with Gasteiger partial charge in [-0.2, -0.15) is 0 Å². The normalized spacial score (nSPS) is 11.3. The molecule has 7 heteroatoms. The van der Waals surface area contributed by atoms with Gasteiger partial charge in [-0.3, -0.25) is 4.99 Å². The van der Waals surface area contributed by atoms with Gasteiger partial charge in [-0.15, -0.1) is 0 Å². The summed E-state index contributed by atoms with van der Waals surface area (Å²) in [6.45, 7) is 0.794.